The van der Waals surface area contributed by atoms with Gasteiger partial charge in [0, 0.05) is 6.42 Å². The monoisotopic (exact) mass is 281 g/mol. The zero-order valence-electron chi connectivity index (χ0n) is 11.8. The van der Waals surface area contributed by atoms with E-state index in [2.05, 4.69) is 4.74 Å². The van der Waals surface area contributed by atoms with Crippen molar-refractivity contribution in [3.8, 4) is 11.5 Å². The summed E-state index contributed by atoms with van der Waals surface area (Å²) in [6.45, 7) is 1.61. The van der Waals surface area contributed by atoms with Gasteiger partial charge in [0.1, 0.15) is 6.04 Å². The highest BCUT2D eigenvalue weighted by Crippen LogP contribution is 2.27. The minimum atomic E-state index is -0.899. The minimum absolute atomic E-state index is 0.134. The average molecular weight is 281 g/mol. The van der Waals surface area contributed by atoms with E-state index >= 15 is 0 Å². The van der Waals surface area contributed by atoms with Crippen LogP contribution in [0.2, 0.25) is 0 Å². The van der Waals surface area contributed by atoms with Gasteiger partial charge >= 0.3 is 11.9 Å². The van der Waals surface area contributed by atoms with Gasteiger partial charge in [0.15, 0.2) is 11.5 Å². The first-order valence-corrected chi connectivity index (χ1v) is 6.22. The largest absolute Gasteiger partial charge is 0.493 e. The summed E-state index contributed by atoms with van der Waals surface area (Å²) in [5.41, 5.74) is 6.50. The Hall–Kier alpha value is -2.08. The molecule has 0 bridgehead atoms. The summed E-state index contributed by atoms with van der Waals surface area (Å²) in [7, 11) is 3.06. The Morgan fingerprint density at radius 2 is 1.85 bits per heavy atom. The molecule has 6 nitrogen and oxygen atoms in total. The first-order chi connectivity index (χ1) is 9.51. The lowest BCUT2D eigenvalue weighted by Crippen LogP contribution is -2.35. The van der Waals surface area contributed by atoms with Crippen LogP contribution in [0.3, 0.4) is 0 Å². The van der Waals surface area contributed by atoms with Crippen molar-refractivity contribution in [3.63, 3.8) is 0 Å². The summed E-state index contributed by atoms with van der Waals surface area (Å²) in [6, 6.07) is 4.33. The molecule has 0 aromatic heterocycles. The molecule has 110 valence electrons. The molecule has 1 rings (SSSR count). The molecule has 0 heterocycles. The number of carbonyl (C=O) groups excluding carboxylic acids is 2. The molecule has 0 aliphatic heterocycles. The van der Waals surface area contributed by atoms with Gasteiger partial charge in [-0.05, 0) is 24.1 Å². The quantitative estimate of drug-likeness (QED) is 0.619. The van der Waals surface area contributed by atoms with Crippen molar-refractivity contribution in [3.05, 3.63) is 23.8 Å². The molecular weight excluding hydrogens is 262 g/mol. The smallest absolute Gasteiger partial charge is 0.330 e. The van der Waals surface area contributed by atoms with Gasteiger partial charge in [0.05, 0.1) is 14.2 Å². The van der Waals surface area contributed by atoms with Crippen LogP contribution in [0.15, 0.2) is 18.2 Å². The van der Waals surface area contributed by atoms with Crippen LogP contribution in [0.1, 0.15) is 18.9 Å². The number of carbonyl (C=O) groups is 2. The Morgan fingerprint density at radius 1 is 1.20 bits per heavy atom. The molecule has 1 aromatic rings. The van der Waals surface area contributed by atoms with Gasteiger partial charge in [-0.25, -0.2) is 4.79 Å². The maximum absolute atomic E-state index is 11.6. The number of benzene rings is 1. The molecule has 0 saturated carbocycles. The van der Waals surface area contributed by atoms with E-state index in [1.807, 2.05) is 0 Å². The summed E-state index contributed by atoms with van der Waals surface area (Å²) in [6.07, 6.45) is 0.380. The molecule has 1 aromatic carbocycles. The van der Waals surface area contributed by atoms with Gasteiger partial charge in [0.25, 0.3) is 0 Å². The number of hydrogen-bond acceptors (Lipinski definition) is 6. The van der Waals surface area contributed by atoms with Crippen molar-refractivity contribution in [2.75, 3.05) is 14.2 Å². The van der Waals surface area contributed by atoms with Crippen molar-refractivity contribution in [2.24, 2.45) is 5.73 Å². The third kappa shape index (κ3) is 4.24. The van der Waals surface area contributed by atoms with E-state index in [0.29, 0.717) is 11.5 Å². The second-order valence-electron chi connectivity index (χ2n) is 4.15. The molecule has 0 fully saturated rings. The Balaban J connectivity index is 2.72. The van der Waals surface area contributed by atoms with E-state index in [0.717, 1.165) is 5.56 Å². The lowest BCUT2D eigenvalue weighted by Gasteiger charge is -2.12. The van der Waals surface area contributed by atoms with Crippen LogP contribution < -0.4 is 15.2 Å². The number of nitrogens with two attached hydrogens (primary N) is 1. The molecule has 6 heteroatoms. The van der Waals surface area contributed by atoms with Crippen molar-refractivity contribution in [1.82, 2.24) is 0 Å². The number of hydrogen-bond donors (Lipinski definition) is 1. The average Bonchev–Trinajstić information content (AvgIpc) is 2.46. The van der Waals surface area contributed by atoms with E-state index in [4.69, 9.17) is 15.2 Å². The highest BCUT2D eigenvalue weighted by molar-refractivity contribution is 5.88. The van der Waals surface area contributed by atoms with Gasteiger partial charge < -0.3 is 19.9 Å². The second-order valence-corrected chi connectivity index (χ2v) is 4.15. The highest BCUT2D eigenvalue weighted by atomic mass is 16.6. The van der Waals surface area contributed by atoms with Crippen LogP contribution in [0.4, 0.5) is 0 Å². The standard InChI is InChI=1S/C14H19NO5/c1-4-13(16)20-14(17)10(15)7-9-5-6-11(18-2)12(8-9)19-3/h5-6,8,10H,4,7,15H2,1-3H3/t10-/m0/s1. The van der Waals surface area contributed by atoms with E-state index in [1.54, 1.807) is 25.1 Å². The van der Waals surface area contributed by atoms with Crippen LogP contribution >= 0.6 is 0 Å². The van der Waals surface area contributed by atoms with Gasteiger partial charge in [-0.1, -0.05) is 13.0 Å². The lowest BCUT2D eigenvalue weighted by molar-refractivity contribution is -0.160. The summed E-state index contributed by atoms with van der Waals surface area (Å²) in [4.78, 5) is 22.6. The number of rotatable bonds is 6. The maximum Gasteiger partial charge on any atom is 0.330 e. The Kier molecular flexibility index (Phi) is 5.99. The SMILES string of the molecule is CCC(=O)OC(=O)[C@@H](N)Cc1ccc(OC)c(OC)c1. The van der Waals surface area contributed by atoms with E-state index < -0.39 is 18.0 Å². The Morgan fingerprint density at radius 3 is 2.40 bits per heavy atom. The number of methoxy groups -OCH3 is 2. The van der Waals surface area contributed by atoms with Crippen LogP contribution in [0.25, 0.3) is 0 Å². The molecule has 0 aliphatic carbocycles. The fourth-order valence-corrected chi connectivity index (χ4v) is 1.60. The zero-order chi connectivity index (χ0) is 15.1. The van der Waals surface area contributed by atoms with Crippen molar-refractivity contribution < 1.29 is 23.8 Å². The van der Waals surface area contributed by atoms with Crippen LogP contribution in [-0.4, -0.2) is 32.2 Å². The molecule has 0 amide bonds. The fraction of sp³-hybridized carbons (Fsp3) is 0.429. The predicted molar refractivity (Wildman–Crippen MR) is 72.6 cm³/mol. The normalized spacial score (nSPS) is 11.6. The molecule has 0 unspecified atom stereocenters. The lowest BCUT2D eigenvalue weighted by atomic mass is 10.1. The number of ether oxygens (including phenoxy) is 3. The van der Waals surface area contributed by atoms with Crippen molar-refractivity contribution in [1.29, 1.82) is 0 Å². The molecule has 0 aliphatic rings. The third-order valence-corrected chi connectivity index (χ3v) is 2.71. The van der Waals surface area contributed by atoms with Crippen LogP contribution in [0, 0.1) is 0 Å². The second kappa shape index (κ2) is 7.49. The summed E-state index contributed by atoms with van der Waals surface area (Å²) >= 11 is 0. The van der Waals surface area contributed by atoms with Gasteiger partial charge in [-0.2, -0.15) is 0 Å². The molecule has 0 spiro atoms. The Bertz CT molecular complexity index is 486. The minimum Gasteiger partial charge on any atom is -0.493 e. The molecule has 20 heavy (non-hydrogen) atoms. The van der Waals surface area contributed by atoms with Crippen molar-refractivity contribution >= 4 is 11.9 Å². The van der Waals surface area contributed by atoms with Gasteiger partial charge in [-0.3, -0.25) is 4.79 Å². The molecule has 2 N–H and O–H groups in total. The van der Waals surface area contributed by atoms with Crippen molar-refractivity contribution in [2.45, 2.75) is 25.8 Å². The summed E-state index contributed by atoms with van der Waals surface area (Å²) in [5, 5.41) is 0. The zero-order valence-corrected chi connectivity index (χ0v) is 11.8. The summed E-state index contributed by atoms with van der Waals surface area (Å²) < 4.78 is 14.9. The number of esters is 2. The predicted octanol–water partition coefficient (Wildman–Crippen LogP) is 1.05. The Labute approximate surface area is 117 Å². The topological polar surface area (TPSA) is 87.9 Å². The third-order valence-electron chi connectivity index (χ3n) is 2.71. The van der Waals surface area contributed by atoms with E-state index in [-0.39, 0.29) is 12.8 Å². The van der Waals surface area contributed by atoms with E-state index in [9.17, 15) is 9.59 Å². The molecule has 1 atom stereocenters. The van der Waals surface area contributed by atoms with Crippen LogP contribution in [0.5, 0.6) is 11.5 Å². The first kappa shape index (κ1) is 16.0. The fourth-order valence-electron chi connectivity index (χ4n) is 1.60. The highest BCUT2D eigenvalue weighted by Gasteiger charge is 2.19. The van der Waals surface area contributed by atoms with E-state index in [1.165, 1.54) is 14.2 Å². The van der Waals surface area contributed by atoms with Gasteiger partial charge in [-0.15, -0.1) is 0 Å². The molecular formula is C14H19NO5. The molecule has 0 saturated heterocycles. The van der Waals surface area contributed by atoms with Crippen LogP contribution in [-0.2, 0) is 20.7 Å². The van der Waals surface area contributed by atoms with Gasteiger partial charge in [0.2, 0.25) is 0 Å². The maximum atomic E-state index is 11.6. The first-order valence-electron chi connectivity index (χ1n) is 6.22. The summed E-state index contributed by atoms with van der Waals surface area (Å²) in [5.74, 6) is -0.173. The molecule has 0 radical (unpaired) electrons.